The highest BCUT2D eigenvalue weighted by Crippen LogP contribution is 2.34. The van der Waals surface area contributed by atoms with Gasteiger partial charge in [0.2, 0.25) is 0 Å². The molecule has 1 rings (SSSR count). The molecular formula is C9H16O. The van der Waals surface area contributed by atoms with Gasteiger partial charge in [0.05, 0.1) is 6.10 Å². The van der Waals surface area contributed by atoms with Crippen molar-refractivity contribution < 1.29 is 5.11 Å². The van der Waals surface area contributed by atoms with Gasteiger partial charge in [-0.15, -0.1) is 0 Å². The maximum atomic E-state index is 9.57. The molecule has 1 N–H and O–H groups in total. The normalized spacial score (nSPS) is 40.1. The third-order valence-electron chi connectivity index (χ3n) is 2.56. The molecule has 1 fully saturated rings. The highest BCUT2D eigenvalue weighted by atomic mass is 16.3. The largest absolute Gasteiger partial charge is 0.392 e. The zero-order valence-corrected chi connectivity index (χ0v) is 6.80. The summed E-state index contributed by atoms with van der Waals surface area (Å²) in [6.45, 7) is 7.97. The minimum Gasteiger partial charge on any atom is -0.392 e. The van der Waals surface area contributed by atoms with Crippen LogP contribution >= 0.6 is 0 Å². The van der Waals surface area contributed by atoms with Gasteiger partial charge in [-0.3, -0.25) is 0 Å². The lowest BCUT2D eigenvalue weighted by molar-refractivity contribution is 0.111. The molecule has 0 spiro atoms. The Morgan fingerprint density at radius 2 is 2.10 bits per heavy atom. The third-order valence-corrected chi connectivity index (χ3v) is 2.56. The zero-order chi connectivity index (χ0) is 7.72. The average Bonchev–Trinajstić information content (AvgIpc) is 2.14. The summed E-state index contributed by atoms with van der Waals surface area (Å²) in [5.41, 5.74) is 1.14. The molecule has 0 bridgehead atoms. The van der Waals surface area contributed by atoms with Crippen molar-refractivity contribution in [3.05, 3.63) is 12.2 Å². The maximum Gasteiger partial charge on any atom is 0.0630 e. The summed E-state index contributed by atoms with van der Waals surface area (Å²) >= 11 is 0. The van der Waals surface area contributed by atoms with Gasteiger partial charge >= 0.3 is 0 Å². The fraction of sp³-hybridized carbons (Fsp3) is 0.778. The molecule has 0 radical (unpaired) electrons. The van der Waals surface area contributed by atoms with Crippen molar-refractivity contribution in [1.82, 2.24) is 0 Å². The van der Waals surface area contributed by atoms with E-state index >= 15 is 0 Å². The van der Waals surface area contributed by atoms with Gasteiger partial charge in [0, 0.05) is 5.92 Å². The van der Waals surface area contributed by atoms with Crippen LogP contribution in [-0.2, 0) is 0 Å². The predicted molar refractivity (Wildman–Crippen MR) is 42.7 cm³/mol. The van der Waals surface area contributed by atoms with Crippen molar-refractivity contribution in [3.63, 3.8) is 0 Å². The summed E-state index contributed by atoms with van der Waals surface area (Å²) in [6, 6.07) is 0. The number of hydrogen-bond acceptors (Lipinski definition) is 1. The second-order valence-electron chi connectivity index (χ2n) is 3.50. The molecule has 0 amide bonds. The van der Waals surface area contributed by atoms with Gasteiger partial charge in [0.25, 0.3) is 0 Å². The fourth-order valence-corrected chi connectivity index (χ4v) is 1.72. The molecule has 0 aliphatic heterocycles. The second-order valence-corrected chi connectivity index (χ2v) is 3.50. The Morgan fingerprint density at radius 1 is 1.50 bits per heavy atom. The minimum absolute atomic E-state index is 0.127. The smallest absolute Gasteiger partial charge is 0.0630 e. The van der Waals surface area contributed by atoms with Crippen LogP contribution in [0.2, 0.25) is 0 Å². The van der Waals surface area contributed by atoms with Crippen LogP contribution in [0.4, 0.5) is 0 Å². The summed E-state index contributed by atoms with van der Waals surface area (Å²) in [6.07, 6.45) is 2.15. The van der Waals surface area contributed by atoms with Gasteiger partial charge < -0.3 is 5.11 Å². The first-order valence-electron chi connectivity index (χ1n) is 3.96. The number of rotatable bonds is 1. The molecule has 0 aromatic heterocycles. The van der Waals surface area contributed by atoms with Gasteiger partial charge in [0.1, 0.15) is 0 Å². The monoisotopic (exact) mass is 140 g/mol. The Balaban J connectivity index is 2.57. The van der Waals surface area contributed by atoms with Gasteiger partial charge in [0.15, 0.2) is 0 Å². The minimum atomic E-state index is -0.127. The maximum absolute atomic E-state index is 9.57. The van der Waals surface area contributed by atoms with E-state index in [0.717, 1.165) is 18.4 Å². The Labute approximate surface area is 62.8 Å². The summed E-state index contributed by atoms with van der Waals surface area (Å²) in [5, 5.41) is 9.57. The van der Waals surface area contributed by atoms with Gasteiger partial charge in [-0.25, -0.2) is 0 Å². The molecule has 0 unspecified atom stereocenters. The van der Waals surface area contributed by atoms with Crippen LogP contribution in [0.5, 0.6) is 0 Å². The molecule has 0 heterocycles. The first kappa shape index (κ1) is 7.80. The lowest BCUT2D eigenvalue weighted by atomic mass is 9.96. The van der Waals surface area contributed by atoms with Crippen LogP contribution in [0.3, 0.4) is 0 Å². The third kappa shape index (κ3) is 1.24. The molecule has 0 saturated heterocycles. The van der Waals surface area contributed by atoms with Crippen molar-refractivity contribution in [3.8, 4) is 0 Å². The van der Waals surface area contributed by atoms with E-state index in [0.29, 0.717) is 11.8 Å². The topological polar surface area (TPSA) is 20.2 Å². The molecule has 1 nitrogen and oxygen atoms in total. The van der Waals surface area contributed by atoms with E-state index in [1.54, 1.807) is 0 Å². The first-order valence-corrected chi connectivity index (χ1v) is 3.96. The molecule has 1 aliphatic rings. The van der Waals surface area contributed by atoms with Gasteiger partial charge in [-0.05, 0) is 25.7 Å². The van der Waals surface area contributed by atoms with E-state index in [4.69, 9.17) is 0 Å². The molecule has 1 aliphatic carbocycles. The molecule has 58 valence electrons. The number of hydrogen-bond donors (Lipinski definition) is 1. The van der Waals surface area contributed by atoms with Crippen LogP contribution in [-0.4, -0.2) is 11.2 Å². The summed E-state index contributed by atoms with van der Waals surface area (Å²) in [7, 11) is 0. The summed E-state index contributed by atoms with van der Waals surface area (Å²) < 4.78 is 0. The molecular weight excluding hydrogens is 124 g/mol. The van der Waals surface area contributed by atoms with Crippen LogP contribution in [0, 0.1) is 11.8 Å². The fourth-order valence-electron chi connectivity index (χ4n) is 1.72. The Hall–Kier alpha value is -0.300. The van der Waals surface area contributed by atoms with Crippen LogP contribution in [0.15, 0.2) is 12.2 Å². The zero-order valence-electron chi connectivity index (χ0n) is 6.80. The summed E-state index contributed by atoms with van der Waals surface area (Å²) in [4.78, 5) is 0. The summed E-state index contributed by atoms with van der Waals surface area (Å²) in [5.74, 6) is 0.844. The van der Waals surface area contributed by atoms with E-state index in [1.165, 1.54) is 0 Å². The number of aliphatic hydroxyl groups excluding tert-OH is 1. The van der Waals surface area contributed by atoms with Crippen molar-refractivity contribution >= 4 is 0 Å². The quantitative estimate of drug-likeness (QED) is 0.552. The average molecular weight is 140 g/mol. The molecule has 1 heteroatoms. The van der Waals surface area contributed by atoms with E-state index < -0.39 is 0 Å². The lowest BCUT2D eigenvalue weighted by Crippen LogP contribution is -2.19. The molecule has 0 aromatic rings. The van der Waals surface area contributed by atoms with Crippen molar-refractivity contribution in [2.45, 2.75) is 32.8 Å². The molecule has 1 saturated carbocycles. The van der Waals surface area contributed by atoms with Crippen LogP contribution in [0.1, 0.15) is 26.7 Å². The Kier molecular flexibility index (Phi) is 2.14. The van der Waals surface area contributed by atoms with Gasteiger partial charge in [-0.2, -0.15) is 0 Å². The van der Waals surface area contributed by atoms with Crippen LogP contribution in [0.25, 0.3) is 0 Å². The van der Waals surface area contributed by atoms with E-state index in [9.17, 15) is 5.11 Å². The molecule has 3 atom stereocenters. The predicted octanol–water partition coefficient (Wildman–Crippen LogP) is 1.97. The van der Waals surface area contributed by atoms with E-state index in [2.05, 4.69) is 13.5 Å². The van der Waals surface area contributed by atoms with Gasteiger partial charge in [-0.1, -0.05) is 19.1 Å². The highest BCUT2D eigenvalue weighted by molar-refractivity contribution is 5.03. The van der Waals surface area contributed by atoms with E-state index in [-0.39, 0.29) is 6.10 Å². The SMILES string of the molecule is C=C(C)[C@@H]1CC[C@H](C)[C@H]1O. The second kappa shape index (κ2) is 2.75. The van der Waals surface area contributed by atoms with E-state index in [1.807, 2.05) is 6.92 Å². The highest BCUT2D eigenvalue weighted by Gasteiger charge is 2.31. The molecule has 0 aromatic carbocycles. The Morgan fingerprint density at radius 3 is 2.30 bits per heavy atom. The van der Waals surface area contributed by atoms with Crippen molar-refractivity contribution in [2.75, 3.05) is 0 Å². The standard InChI is InChI=1S/C9H16O/c1-6(2)8-5-4-7(3)9(8)10/h7-10H,1,4-5H2,2-3H3/t7-,8-,9+/m0/s1. The van der Waals surface area contributed by atoms with Crippen LogP contribution < -0.4 is 0 Å². The Bertz CT molecular complexity index is 140. The number of aliphatic hydroxyl groups is 1. The lowest BCUT2D eigenvalue weighted by Gasteiger charge is -2.16. The first-order chi connectivity index (χ1) is 4.63. The van der Waals surface area contributed by atoms with Crippen molar-refractivity contribution in [2.24, 2.45) is 11.8 Å². The van der Waals surface area contributed by atoms with Crippen molar-refractivity contribution in [1.29, 1.82) is 0 Å². The molecule has 10 heavy (non-hydrogen) atoms.